The van der Waals surface area contributed by atoms with E-state index in [0.29, 0.717) is 36.7 Å². The fraction of sp³-hybridized carbons (Fsp3) is 0.333. The van der Waals surface area contributed by atoms with Gasteiger partial charge in [-0.2, -0.15) is 4.99 Å². The van der Waals surface area contributed by atoms with Crippen LogP contribution in [0.1, 0.15) is 19.4 Å². The molecule has 1 amide bonds. The summed E-state index contributed by atoms with van der Waals surface area (Å²) in [4.78, 5) is 17.2. The van der Waals surface area contributed by atoms with Crippen LogP contribution in [0.3, 0.4) is 0 Å². The van der Waals surface area contributed by atoms with Crippen molar-refractivity contribution in [2.45, 2.75) is 26.8 Å². The molecule has 5 nitrogen and oxygen atoms in total. The average molecular weight is 402 g/mol. The minimum atomic E-state index is -0.328. The van der Waals surface area contributed by atoms with E-state index in [2.05, 4.69) is 4.99 Å². The normalized spacial score (nSPS) is 11.9. The minimum Gasteiger partial charge on any atom is -0.494 e. The highest BCUT2D eigenvalue weighted by Crippen LogP contribution is 2.20. The first-order valence-electron chi connectivity index (χ1n) is 9.27. The molecule has 0 aliphatic rings. The number of nitrogens with zero attached hydrogens (tertiary/aromatic N) is 2. The van der Waals surface area contributed by atoms with Crippen molar-refractivity contribution in [2.24, 2.45) is 4.99 Å². The number of hydrogen-bond donors (Lipinski definition) is 0. The first-order chi connectivity index (χ1) is 13.6. The Kier molecular flexibility index (Phi) is 6.95. The molecule has 0 N–H and O–H groups in total. The van der Waals surface area contributed by atoms with E-state index < -0.39 is 0 Å². The Balaban J connectivity index is 1.88. The van der Waals surface area contributed by atoms with Crippen molar-refractivity contribution < 1.29 is 18.7 Å². The molecule has 2 aromatic carbocycles. The van der Waals surface area contributed by atoms with Crippen LogP contribution in [0.4, 0.5) is 4.39 Å². The van der Waals surface area contributed by atoms with Gasteiger partial charge < -0.3 is 14.0 Å². The summed E-state index contributed by atoms with van der Waals surface area (Å²) in [5, 5.41) is 0. The zero-order chi connectivity index (χ0) is 19.9. The van der Waals surface area contributed by atoms with Gasteiger partial charge in [-0.25, -0.2) is 4.39 Å². The molecule has 0 radical (unpaired) electrons. The molecule has 0 bridgehead atoms. The van der Waals surface area contributed by atoms with Crippen LogP contribution in [0.5, 0.6) is 5.75 Å². The molecule has 148 valence electrons. The second-order valence-electron chi connectivity index (χ2n) is 6.08. The predicted molar refractivity (Wildman–Crippen MR) is 108 cm³/mol. The van der Waals surface area contributed by atoms with Crippen molar-refractivity contribution in [3.8, 4) is 5.75 Å². The van der Waals surface area contributed by atoms with Crippen molar-refractivity contribution in [3.05, 3.63) is 58.6 Å². The first-order valence-corrected chi connectivity index (χ1v) is 10.1. The number of fused-ring (bicyclic) bond motifs is 1. The Morgan fingerprint density at radius 3 is 2.64 bits per heavy atom. The third kappa shape index (κ3) is 4.85. The summed E-state index contributed by atoms with van der Waals surface area (Å²) in [5.41, 5.74) is 1.31. The van der Waals surface area contributed by atoms with Gasteiger partial charge in [0.15, 0.2) is 4.80 Å². The number of carbonyl (C=O) groups is 1. The van der Waals surface area contributed by atoms with Gasteiger partial charge in [0, 0.05) is 13.2 Å². The van der Waals surface area contributed by atoms with Gasteiger partial charge in [0.1, 0.15) is 11.6 Å². The molecule has 28 heavy (non-hydrogen) atoms. The standard InChI is InChI=1S/C21H23FN2O3S/c1-3-26-13-12-24-20-17(22)6-5-7-18(20)28-21(24)23-19(25)14-15-8-10-16(11-9-15)27-4-2/h5-11H,3-4,12-14H2,1-2H3. The molecule has 0 aliphatic carbocycles. The Morgan fingerprint density at radius 2 is 1.93 bits per heavy atom. The zero-order valence-corrected chi connectivity index (χ0v) is 16.8. The van der Waals surface area contributed by atoms with E-state index in [1.54, 1.807) is 10.6 Å². The Bertz CT molecular complexity index is 1010. The van der Waals surface area contributed by atoms with E-state index >= 15 is 0 Å². The van der Waals surface area contributed by atoms with Gasteiger partial charge in [-0.1, -0.05) is 29.5 Å². The second-order valence-corrected chi connectivity index (χ2v) is 7.09. The number of halogens is 1. The van der Waals surface area contributed by atoms with Gasteiger partial charge in [0.05, 0.1) is 29.9 Å². The van der Waals surface area contributed by atoms with Gasteiger partial charge in [0.25, 0.3) is 5.91 Å². The first kappa shape index (κ1) is 20.2. The lowest BCUT2D eigenvalue weighted by molar-refractivity contribution is -0.117. The van der Waals surface area contributed by atoms with Crippen LogP contribution < -0.4 is 9.54 Å². The second kappa shape index (κ2) is 9.61. The fourth-order valence-corrected chi connectivity index (χ4v) is 3.96. The summed E-state index contributed by atoms with van der Waals surface area (Å²) in [5.74, 6) is 0.163. The van der Waals surface area contributed by atoms with Crippen LogP contribution in [0.15, 0.2) is 47.5 Å². The molecule has 0 saturated heterocycles. The fourth-order valence-electron chi connectivity index (χ4n) is 2.87. The van der Waals surface area contributed by atoms with Crippen molar-refractivity contribution in [3.63, 3.8) is 0 Å². The third-order valence-corrected chi connectivity index (χ3v) is 5.17. The van der Waals surface area contributed by atoms with E-state index in [0.717, 1.165) is 16.0 Å². The lowest BCUT2D eigenvalue weighted by atomic mass is 10.1. The maximum Gasteiger partial charge on any atom is 0.252 e. The predicted octanol–water partition coefficient (Wildman–Crippen LogP) is 3.95. The van der Waals surface area contributed by atoms with Gasteiger partial charge in [-0.15, -0.1) is 0 Å². The van der Waals surface area contributed by atoms with Gasteiger partial charge >= 0.3 is 0 Å². The third-order valence-electron chi connectivity index (χ3n) is 4.13. The molecule has 0 saturated carbocycles. The molecular weight excluding hydrogens is 379 g/mol. The summed E-state index contributed by atoms with van der Waals surface area (Å²) in [6.45, 7) is 5.86. The van der Waals surface area contributed by atoms with Gasteiger partial charge in [-0.05, 0) is 43.7 Å². The van der Waals surface area contributed by atoms with Crippen LogP contribution in [0, 0.1) is 5.82 Å². The molecule has 0 spiro atoms. The van der Waals surface area contributed by atoms with E-state index in [9.17, 15) is 9.18 Å². The van der Waals surface area contributed by atoms with Crippen molar-refractivity contribution in [2.75, 3.05) is 19.8 Å². The number of amides is 1. The van der Waals surface area contributed by atoms with Crippen molar-refractivity contribution in [1.82, 2.24) is 4.57 Å². The van der Waals surface area contributed by atoms with E-state index in [-0.39, 0.29) is 18.1 Å². The Labute approximate surface area is 167 Å². The van der Waals surface area contributed by atoms with Crippen LogP contribution >= 0.6 is 11.3 Å². The Morgan fingerprint density at radius 1 is 1.14 bits per heavy atom. The summed E-state index contributed by atoms with van der Waals surface area (Å²) < 4.78 is 27.7. The molecule has 0 fully saturated rings. The van der Waals surface area contributed by atoms with Crippen LogP contribution in [0.2, 0.25) is 0 Å². The molecule has 3 rings (SSSR count). The molecule has 1 aromatic heterocycles. The summed E-state index contributed by atoms with van der Waals surface area (Å²) in [6, 6.07) is 12.3. The van der Waals surface area contributed by atoms with Crippen LogP contribution in [-0.2, 0) is 22.5 Å². The molecule has 3 aromatic rings. The summed E-state index contributed by atoms with van der Waals surface area (Å²) in [7, 11) is 0. The SMILES string of the molecule is CCOCCn1c(=NC(=O)Cc2ccc(OCC)cc2)sc2cccc(F)c21. The maximum absolute atomic E-state index is 14.4. The van der Waals surface area contributed by atoms with Crippen molar-refractivity contribution in [1.29, 1.82) is 0 Å². The van der Waals surface area contributed by atoms with Crippen LogP contribution in [0.25, 0.3) is 10.2 Å². The zero-order valence-electron chi connectivity index (χ0n) is 16.0. The molecule has 0 aliphatic heterocycles. The van der Waals surface area contributed by atoms with Gasteiger partial charge in [-0.3, -0.25) is 4.79 Å². The topological polar surface area (TPSA) is 52.8 Å². The van der Waals surface area contributed by atoms with Crippen molar-refractivity contribution >= 4 is 27.5 Å². The largest absolute Gasteiger partial charge is 0.494 e. The molecule has 1 heterocycles. The molecular formula is C21H23FN2O3S. The lowest BCUT2D eigenvalue weighted by Crippen LogP contribution is -2.20. The maximum atomic E-state index is 14.4. The summed E-state index contributed by atoms with van der Waals surface area (Å²) >= 11 is 1.30. The number of thiazole rings is 1. The smallest absolute Gasteiger partial charge is 0.252 e. The van der Waals surface area contributed by atoms with E-state index in [1.165, 1.54) is 17.4 Å². The lowest BCUT2D eigenvalue weighted by Gasteiger charge is -2.06. The molecule has 7 heteroatoms. The number of hydrogen-bond acceptors (Lipinski definition) is 4. The van der Waals surface area contributed by atoms with E-state index in [1.807, 2.05) is 44.2 Å². The van der Waals surface area contributed by atoms with Crippen LogP contribution in [-0.4, -0.2) is 30.3 Å². The highest BCUT2D eigenvalue weighted by Gasteiger charge is 2.12. The Hall–Kier alpha value is -2.51. The minimum absolute atomic E-state index is 0.175. The van der Waals surface area contributed by atoms with E-state index in [4.69, 9.17) is 9.47 Å². The summed E-state index contributed by atoms with van der Waals surface area (Å²) in [6.07, 6.45) is 0.175. The molecule has 0 unspecified atom stereocenters. The number of carbonyl (C=O) groups excluding carboxylic acids is 1. The average Bonchev–Trinajstić information content (AvgIpc) is 3.02. The van der Waals surface area contributed by atoms with Gasteiger partial charge in [0.2, 0.25) is 0 Å². The number of para-hydroxylation sites is 1. The number of rotatable bonds is 8. The highest BCUT2D eigenvalue weighted by atomic mass is 32.1. The number of benzene rings is 2. The number of ether oxygens (including phenoxy) is 2. The monoisotopic (exact) mass is 402 g/mol. The highest BCUT2D eigenvalue weighted by molar-refractivity contribution is 7.16. The number of aromatic nitrogens is 1. The molecule has 0 atom stereocenters. The quantitative estimate of drug-likeness (QED) is 0.536.